The Bertz CT molecular complexity index is 461. The van der Waals surface area contributed by atoms with Crippen molar-refractivity contribution in [1.29, 1.82) is 0 Å². The lowest BCUT2D eigenvalue weighted by Gasteiger charge is -2.18. The summed E-state index contributed by atoms with van der Waals surface area (Å²) >= 11 is 0. The standard InChI is InChI=1S/C16H25NO2/c1-9(2)8-19-17-16(18)15-13(6)11(4)10(3)12(5)14(15)7/h9H,8H2,1-7H3,(H,17,18). The number of nitrogens with one attached hydrogen (secondary N) is 1. The first-order valence-corrected chi connectivity index (χ1v) is 6.76. The molecule has 1 aromatic carbocycles. The number of hydroxylamine groups is 1. The van der Waals surface area contributed by atoms with Gasteiger partial charge in [0.05, 0.1) is 6.61 Å². The number of hydrogen-bond donors (Lipinski definition) is 1. The Morgan fingerprint density at radius 1 is 0.947 bits per heavy atom. The van der Waals surface area contributed by atoms with Crippen molar-refractivity contribution in [2.24, 2.45) is 5.92 Å². The first-order chi connectivity index (χ1) is 8.77. The van der Waals surface area contributed by atoms with Crippen molar-refractivity contribution in [2.75, 3.05) is 6.61 Å². The molecule has 0 spiro atoms. The van der Waals surface area contributed by atoms with Crippen LogP contribution in [0, 0.1) is 40.5 Å². The van der Waals surface area contributed by atoms with Gasteiger partial charge in [-0.1, -0.05) is 13.8 Å². The second kappa shape index (κ2) is 6.20. The van der Waals surface area contributed by atoms with E-state index < -0.39 is 0 Å². The molecule has 1 amide bonds. The van der Waals surface area contributed by atoms with Crippen LogP contribution in [0.5, 0.6) is 0 Å². The highest BCUT2D eigenvalue weighted by molar-refractivity contribution is 5.97. The summed E-state index contributed by atoms with van der Waals surface area (Å²) in [4.78, 5) is 17.5. The Morgan fingerprint density at radius 3 is 1.79 bits per heavy atom. The normalized spacial score (nSPS) is 10.9. The topological polar surface area (TPSA) is 38.3 Å². The molecule has 106 valence electrons. The first-order valence-electron chi connectivity index (χ1n) is 6.76. The zero-order valence-electron chi connectivity index (χ0n) is 13.1. The molecule has 0 fully saturated rings. The smallest absolute Gasteiger partial charge is 0.273 e. The molecular weight excluding hydrogens is 238 g/mol. The van der Waals surface area contributed by atoms with Crippen LogP contribution in [0.3, 0.4) is 0 Å². The summed E-state index contributed by atoms with van der Waals surface area (Å²) in [5.74, 6) is 0.242. The summed E-state index contributed by atoms with van der Waals surface area (Å²) in [6.07, 6.45) is 0. The molecule has 0 bridgehead atoms. The van der Waals surface area contributed by atoms with Crippen LogP contribution < -0.4 is 5.48 Å². The van der Waals surface area contributed by atoms with Crippen molar-refractivity contribution >= 4 is 5.91 Å². The lowest BCUT2D eigenvalue weighted by Crippen LogP contribution is -2.27. The Labute approximate surface area is 116 Å². The summed E-state index contributed by atoms with van der Waals surface area (Å²) in [5.41, 5.74) is 8.97. The van der Waals surface area contributed by atoms with Crippen molar-refractivity contribution < 1.29 is 9.63 Å². The number of carbonyl (C=O) groups excluding carboxylic acids is 1. The minimum absolute atomic E-state index is 0.151. The van der Waals surface area contributed by atoms with Gasteiger partial charge in [-0.15, -0.1) is 0 Å². The van der Waals surface area contributed by atoms with Gasteiger partial charge >= 0.3 is 0 Å². The lowest BCUT2D eigenvalue weighted by molar-refractivity contribution is 0.0207. The number of rotatable bonds is 4. The van der Waals surface area contributed by atoms with Gasteiger partial charge in [-0.05, 0) is 68.4 Å². The molecular formula is C16H25NO2. The molecule has 1 rings (SSSR count). The van der Waals surface area contributed by atoms with Crippen LogP contribution >= 0.6 is 0 Å². The van der Waals surface area contributed by atoms with E-state index in [2.05, 4.69) is 26.3 Å². The fourth-order valence-electron chi connectivity index (χ4n) is 2.17. The molecule has 0 radical (unpaired) electrons. The highest BCUT2D eigenvalue weighted by atomic mass is 16.6. The van der Waals surface area contributed by atoms with Crippen molar-refractivity contribution in [3.8, 4) is 0 Å². The van der Waals surface area contributed by atoms with E-state index in [1.807, 2.05) is 27.7 Å². The zero-order chi connectivity index (χ0) is 14.7. The van der Waals surface area contributed by atoms with E-state index in [-0.39, 0.29) is 5.91 Å². The molecule has 0 saturated heterocycles. The average molecular weight is 263 g/mol. The third-order valence-electron chi connectivity index (χ3n) is 3.81. The Balaban J connectivity index is 3.04. The van der Waals surface area contributed by atoms with E-state index in [1.165, 1.54) is 16.7 Å². The van der Waals surface area contributed by atoms with Crippen molar-refractivity contribution in [3.63, 3.8) is 0 Å². The van der Waals surface area contributed by atoms with E-state index in [1.54, 1.807) is 0 Å². The van der Waals surface area contributed by atoms with Gasteiger partial charge in [0.1, 0.15) is 0 Å². The minimum Gasteiger partial charge on any atom is -0.273 e. The Hall–Kier alpha value is -1.35. The molecule has 0 saturated carbocycles. The second-order valence-electron chi connectivity index (χ2n) is 5.64. The SMILES string of the molecule is Cc1c(C)c(C)c(C(=O)NOCC(C)C)c(C)c1C. The van der Waals surface area contributed by atoms with E-state index >= 15 is 0 Å². The molecule has 0 unspecified atom stereocenters. The number of carbonyl (C=O) groups is 1. The van der Waals surface area contributed by atoms with Gasteiger partial charge in [0, 0.05) is 5.56 Å². The van der Waals surface area contributed by atoms with Crippen LogP contribution in [-0.4, -0.2) is 12.5 Å². The van der Waals surface area contributed by atoms with E-state index in [0.29, 0.717) is 12.5 Å². The van der Waals surface area contributed by atoms with Crippen molar-refractivity contribution in [1.82, 2.24) is 5.48 Å². The Kier molecular flexibility index (Phi) is 5.12. The summed E-state index contributed by atoms with van der Waals surface area (Å²) in [6.45, 7) is 14.8. The summed E-state index contributed by atoms with van der Waals surface area (Å²) in [5, 5.41) is 0. The second-order valence-corrected chi connectivity index (χ2v) is 5.64. The fraction of sp³-hybridized carbons (Fsp3) is 0.562. The van der Waals surface area contributed by atoms with Crippen LogP contribution in [0.2, 0.25) is 0 Å². The molecule has 1 aromatic rings. The number of hydrogen-bond acceptors (Lipinski definition) is 2. The van der Waals surface area contributed by atoms with Gasteiger partial charge in [0.25, 0.3) is 5.91 Å². The molecule has 0 atom stereocenters. The highest BCUT2D eigenvalue weighted by Gasteiger charge is 2.18. The first kappa shape index (κ1) is 15.7. The summed E-state index contributed by atoms with van der Waals surface area (Å²) in [6, 6.07) is 0. The summed E-state index contributed by atoms with van der Waals surface area (Å²) < 4.78 is 0. The maximum Gasteiger partial charge on any atom is 0.275 e. The van der Waals surface area contributed by atoms with E-state index in [4.69, 9.17) is 4.84 Å². The fourth-order valence-corrected chi connectivity index (χ4v) is 2.17. The molecule has 19 heavy (non-hydrogen) atoms. The third-order valence-corrected chi connectivity index (χ3v) is 3.81. The molecule has 3 nitrogen and oxygen atoms in total. The maximum absolute atomic E-state index is 12.2. The van der Waals surface area contributed by atoms with Crippen LogP contribution in [0.15, 0.2) is 0 Å². The Morgan fingerprint density at radius 2 is 1.37 bits per heavy atom. The molecule has 0 aromatic heterocycles. The van der Waals surface area contributed by atoms with Gasteiger partial charge in [-0.25, -0.2) is 5.48 Å². The molecule has 3 heteroatoms. The molecule has 1 N–H and O–H groups in total. The average Bonchev–Trinajstić information content (AvgIpc) is 2.34. The number of amides is 1. The molecule has 0 heterocycles. The van der Waals surface area contributed by atoms with E-state index in [9.17, 15) is 4.79 Å². The minimum atomic E-state index is -0.151. The quantitative estimate of drug-likeness (QED) is 0.844. The van der Waals surface area contributed by atoms with Gasteiger partial charge < -0.3 is 0 Å². The molecule has 0 aliphatic rings. The molecule has 0 aliphatic heterocycles. The van der Waals surface area contributed by atoms with Crippen LogP contribution in [-0.2, 0) is 4.84 Å². The predicted octanol–water partition coefficient (Wildman–Crippen LogP) is 3.55. The van der Waals surface area contributed by atoms with E-state index in [0.717, 1.165) is 16.7 Å². The maximum atomic E-state index is 12.2. The van der Waals surface area contributed by atoms with Crippen molar-refractivity contribution in [2.45, 2.75) is 48.5 Å². The zero-order valence-corrected chi connectivity index (χ0v) is 13.1. The van der Waals surface area contributed by atoms with Gasteiger partial charge in [0.15, 0.2) is 0 Å². The largest absolute Gasteiger partial charge is 0.275 e. The van der Waals surface area contributed by atoms with Gasteiger partial charge in [0.2, 0.25) is 0 Å². The van der Waals surface area contributed by atoms with Crippen LogP contribution in [0.4, 0.5) is 0 Å². The van der Waals surface area contributed by atoms with Crippen LogP contribution in [0.1, 0.15) is 52.0 Å². The van der Waals surface area contributed by atoms with Crippen molar-refractivity contribution in [3.05, 3.63) is 33.4 Å². The third kappa shape index (κ3) is 3.35. The van der Waals surface area contributed by atoms with Gasteiger partial charge in [-0.3, -0.25) is 9.63 Å². The molecule has 0 aliphatic carbocycles. The predicted molar refractivity (Wildman–Crippen MR) is 78.4 cm³/mol. The van der Waals surface area contributed by atoms with Crippen LogP contribution in [0.25, 0.3) is 0 Å². The van der Waals surface area contributed by atoms with Gasteiger partial charge in [-0.2, -0.15) is 0 Å². The summed E-state index contributed by atoms with van der Waals surface area (Å²) in [7, 11) is 0. The monoisotopic (exact) mass is 263 g/mol. The lowest BCUT2D eigenvalue weighted by atomic mass is 9.89. The number of benzene rings is 1. The highest BCUT2D eigenvalue weighted by Crippen LogP contribution is 2.25.